The van der Waals surface area contributed by atoms with Crippen LogP contribution in [0.2, 0.25) is 0 Å². The summed E-state index contributed by atoms with van der Waals surface area (Å²) in [6, 6.07) is 8.25. The maximum Gasteiger partial charge on any atom is 0.231 e. The number of hydrogen-bond acceptors (Lipinski definition) is 4. The number of methoxy groups -OCH3 is 2. The minimum atomic E-state index is 0.169. The van der Waals surface area contributed by atoms with E-state index in [1.807, 2.05) is 12.1 Å². The number of hydrogen-bond donors (Lipinski definition) is 0. The molecule has 4 heteroatoms. The standard InChI is InChI=1S/C19H22O4/c1-11-6-14(7-12(2)19(11)21-5)13(3)15-8-17-18(23-10-22-17)9-16(15)20-4/h6-9,13H,10H2,1-5H3/t13-/m0/s1. The van der Waals surface area contributed by atoms with Crippen LogP contribution in [0.5, 0.6) is 23.0 Å². The fourth-order valence-corrected chi connectivity index (χ4v) is 3.19. The van der Waals surface area contributed by atoms with Crippen LogP contribution in [-0.2, 0) is 0 Å². The average Bonchev–Trinajstić information content (AvgIpc) is 2.99. The van der Waals surface area contributed by atoms with Crippen LogP contribution in [0.25, 0.3) is 0 Å². The van der Waals surface area contributed by atoms with Gasteiger partial charge in [-0.15, -0.1) is 0 Å². The van der Waals surface area contributed by atoms with Crippen LogP contribution in [0.1, 0.15) is 35.1 Å². The third-order valence-corrected chi connectivity index (χ3v) is 4.38. The van der Waals surface area contributed by atoms with Gasteiger partial charge in [0.2, 0.25) is 6.79 Å². The Bertz CT molecular complexity index is 713. The minimum absolute atomic E-state index is 0.169. The van der Waals surface area contributed by atoms with E-state index in [0.717, 1.165) is 39.7 Å². The van der Waals surface area contributed by atoms with Gasteiger partial charge in [0, 0.05) is 17.5 Å². The molecule has 23 heavy (non-hydrogen) atoms. The van der Waals surface area contributed by atoms with Crippen LogP contribution in [0.15, 0.2) is 24.3 Å². The van der Waals surface area contributed by atoms with Gasteiger partial charge in [0.1, 0.15) is 11.5 Å². The van der Waals surface area contributed by atoms with Gasteiger partial charge in [-0.25, -0.2) is 0 Å². The second-order valence-electron chi connectivity index (χ2n) is 5.86. The molecule has 1 atom stereocenters. The molecule has 0 spiro atoms. The van der Waals surface area contributed by atoms with Crippen LogP contribution in [0, 0.1) is 13.8 Å². The molecular formula is C19H22O4. The molecule has 0 saturated heterocycles. The van der Waals surface area contributed by atoms with Crippen molar-refractivity contribution in [2.24, 2.45) is 0 Å². The molecule has 2 aromatic rings. The topological polar surface area (TPSA) is 36.9 Å². The summed E-state index contributed by atoms with van der Waals surface area (Å²) in [5.74, 6) is 3.43. The van der Waals surface area contributed by atoms with Crippen molar-refractivity contribution in [3.63, 3.8) is 0 Å². The molecule has 0 N–H and O–H groups in total. The van der Waals surface area contributed by atoms with Crippen LogP contribution in [0.3, 0.4) is 0 Å². The van der Waals surface area contributed by atoms with Gasteiger partial charge >= 0.3 is 0 Å². The Morgan fingerprint density at radius 3 is 2.09 bits per heavy atom. The molecule has 0 saturated carbocycles. The molecule has 1 aliphatic rings. The van der Waals surface area contributed by atoms with Gasteiger partial charge < -0.3 is 18.9 Å². The first kappa shape index (κ1) is 15.5. The molecular weight excluding hydrogens is 292 g/mol. The highest BCUT2D eigenvalue weighted by atomic mass is 16.7. The highest BCUT2D eigenvalue weighted by Crippen LogP contribution is 2.43. The summed E-state index contributed by atoms with van der Waals surface area (Å²) in [4.78, 5) is 0. The van der Waals surface area contributed by atoms with E-state index in [-0.39, 0.29) is 12.7 Å². The number of fused-ring (bicyclic) bond motifs is 1. The summed E-state index contributed by atoms with van der Waals surface area (Å²) in [5.41, 5.74) is 4.57. The Morgan fingerprint density at radius 1 is 0.913 bits per heavy atom. The lowest BCUT2D eigenvalue weighted by atomic mass is 9.89. The van der Waals surface area contributed by atoms with E-state index in [4.69, 9.17) is 18.9 Å². The second-order valence-corrected chi connectivity index (χ2v) is 5.86. The Morgan fingerprint density at radius 2 is 1.52 bits per heavy atom. The quantitative estimate of drug-likeness (QED) is 0.847. The fraction of sp³-hybridized carbons (Fsp3) is 0.368. The molecule has 0 fully saturated rings. The third kappa shape index (κ3) is 2.69. The molecule has 122 valence electrons. The van der Waals surface area contributed by atoms with Crippen molar-refractivity contribution in [3.05, 3.63) is 46.5 Å². The van der Waals surface area contributed by atoms with Gasteiger partial charge in [-0.2, -0.15) is 0 Å². The van der Waals surface area contributed by atoms with Crippen molar-refractivity contribution in [1.29, 1.82) is 0 Å². The van der Waals surface area contributed by atoms with Crippen molar-refractivity contribution < 1.29 is 18.9 Å². The van der Waals surface area contributed by atoms with E-state index in [2.05, 4.69) is 32.9 Å². The maximum atomic E-state index is 5.56. The lowest BCUT2D eigenvalue weighted by Crippen LogP contribution is -2.02. The lowest BCUT2D eigenvalue weighted by molar-refractivity contribution is 0.174. The van der Waals surface area contributed by atoms with Crippen molar-refractivity contribution in [1.82, 2.24) is 0 Å². The van der Waals surface area contributed by atoms with Crippen LogP contribution in [-0.4, -0.2) is 21.0 Å². The van der Waals surface area contributed by atoms with Gasteiger partial charge in [0.15, 0.2) is 11.5 Å². The van der Waals surface area contributed by atoms with E-state index >= 15 is 0 Å². The largest absolute Gasteiger partial charge is 0.496 e. The van der Waals surface area contributed by atoms with Crippen molar-refractivity contribution in [2.45, 2.75) is 26.7 Å². The van der Waals surface area contributed by atoms with Crippen molar-refractivity contribution >= 4 is 0 Å². The van der Waals surface area contributed by atoms with Gasteiger partial charge in [-0.05, 0) is 36.6 Å². The van der Waals surface area contributed by atoms with E-state index in [1.165, 1.54) is 5.56 Å². The lowest BCUT2D eigenvalue weighted by Gasteiger charge is -2.19. The zero-order chi connectivity index (χ0) is 16.6. The summed E-state index contributed by atoms with van der Waals surface area (Å²) in [5, 5.41) is 0. The van der Waals surface area contributed by atoms with Gasteiger partial charge in [-0.3, -0.25) is 0 Å². The molecule has 0 aromatic heterocycles. The molecule has 1 aliphatic heterocycles. The summed E-state index contributed by atoms with van der Waals surface area (Å²) in [7, 11) is 3.39. The molecule has 2 aromatic carbocycles. The van der Waals surface area contributed by atoms with E-state index in [9.17, 15) is 0 Å². The second kappa shape index (κ2) is 6.03. The van der Waals surface area contributed by atoms with Crippen LogP contribution < -0.4 is 18.9 Å². The zero-order valence-corrected chi connectivity index (χ0v) is 14.2. The molecule has 3 rings (SSSR count). The summed E-state index contributed by atoms with van der Waals surface area (Å²) in [6.07, 6.45) is 0. The summed E-state index contributed by atoms with van der Waals surface area (Å²) >= 11 is 0. The van der Waals surface area contributed by atoms with Crippen molar-refractivity contribution in [3.8, 4) is 23.0 Å². The predicted molar refractivity (Wildman–Crippen MR) is 89.1 cm³/mol. The van der Waals surface area contributed by atoms with Gasteiger partial charge in [0.25, 0.3) is 0 Å². The number of rotatable bonds is 4. The Hall–Kier alpha value is -2.36. The Balaban J connectivity index is 2.05. The van der Waals surface area contributed by atoms with Gasteiger partial charge in [-0.1, -0.05) is 19.1 Å². The Kier molecular flexibility index (Phi) is 4.07. The number of ether oxygens (including phenoxy) is 4. The number of aryl methyl sites for hydroxylation is 2. The molecule has 1 heterocycles. The first-order valence-electron chi connectivity index (χ1n) is 7.67. The SMILES string of the molecule is COc1cc2c(cc1[C@@H](C)c1cc(C)c(OC)c(C)c1)OCO2. The third-order valence-electron chi connectivity index (χ3n) is 4.38. The monoisotopic (exact) mass is 314 g/mol. The molecule has 0 amide bonds. The molecule has 0 radical (unpaired) electrons. The normalized spacial score (nSPS) is 13.8. The van der Waals surface area contributed by atoms with E-state index < -0.39 is 0 Å². The highest BCUT2D eigenvalue weighted by molar-refractivity contribution is 5.55. The van der Waals surface area contributed by atoms with Gasteiger partial charge in [0.05, 0.1) is 14.2 Å². The fourth-order valence-electron chi connectivity index (χ4n) is 3.19. The van der Waals surface area contributed by atoms with Crippen LogP contribution in [0.4, 0.5) is 0 Å². The average molecular weight is 314 g/mol. The first-order valence-corrected chi connectivity index (χ1v) is 7.67. The Labute approximate surface area is 136 Å². The first-order chi connectivity index (χ1) is 11.0. The molecule has 4 nitrogen and oxygen atoms in total. The summed E-state index contributed by atoms with van der Waals surface area (Å²) in [6.45, 7) is 6.57. The van der Waals surface area contributed by atoms with E-state index in [0.29, 0.717) is 0 Å². The smallest absolute Gasteiger partial charge is 0.231 e. The molecule has 0 bridgehead atoms. The summed E-state index contributed by atoms with van der Waals surface area (Å²) < 4.78 is 22.0. The maximum absolute atomic E-state index is 5.56. The van der Waals surface area contributed by atoms with Crippen molar-refractivity contribution in [2.75, 3.05) is 21.0 Å². The zero-order valence-electron chi connectivity index (χ0n) is 14.2. The number of benzene rings is 2. The van der Waals surface area contributed by atoms with Crippen LogP contribution >= 0.6 is 0 Å². The minimum Gasteiger partial charge on any atom is -0.496 e. The molecule has 0 unspecified atom stereocenters. The molecule has 0 aliphatic carbocycles. The highest BCUT2D eigenvalue weighted by Gasteiger charge is 2.22. The van der Waals surface area contributed by atoms with E-state index in [1.54, 1.807) is 14.2 Å². The predicted octanol–water partition coefficient (Wildman–Crippen LogP) is 4.20.